The Bertz CT molecular complexity index is 501. The lowest BCUT2D eigenvalue weighted by Crippen LogP contribution is -2.16. The highest BCUT2D eigenvalue weighted by atomic mass is 19.1. The van der Waals surface area contributed by atoms with Crippen LogP contribution in [0.15, 0.2) is 18.2 Å². The van der Waals surface area contributed by atoms with Crippen LogP contribution in [0.2, 0.25) is 0 Å². The fraction of sp³-hybridized carbons (Fsp3) is 0.385. The normalized spacial score (nSPS) is 21.3. The second-order valence-corrected chi connectivity index (χ2v) is 4.49. The Hall–Kier alpha value is -1.91. The molecule has 1 aliphatic carbocycles. The van der Waals surface area contributed by atoms with E-state index in [-0.39, 0.29) is 23.1 Å². The highest BCUT2D eigenvalue weighted by molar-refractivity contribution is 5.96. The first-order valence-corrected chi connectivity index (χ1v) is 5.71. The van der Waals surface area contributed by atoms with Crippen molar-refractivity contribution in [3.8, 4) is 0 Å². The molecule has 0 saturated heterocycles. The SMILES string of the molecule is COC(=O)c1ccc(F)c(NC(=O)C2CC2C)c1. The number of amides is 1. The Morgan fingerprint density at radius 2 is 2.11 bits per heavy atom. The summed E-state index contributed by atoms with van der Waals surface area (Å²) in [6.07, 6.45) is 0.824. The number of benzene rings is 1. The van der Waals surface area contributed by atoms with Gasteiger partial charge >= 0.3 is 5.97 Å². The average molecular weight is 251 g/mol. The Balaban J connectivity index is 2.16. The predicted molar refractivity (Wildman–Crippen MR) is 63.6 cm³/mol. The van der Waals surface area contributed by atoms with E-state index in [2.05, 4.69) is 10.1 Å². The molecular formula is C13H14FNO3. The van der Waals surface area contributed by atoms with Gasteiger partial charge in [-0.25, -0.2) is 9.18 Å². The van der Waals surface area contributed by atoms with Crippen LogP contribution in [0.3, 0.4) is 0 Å². The van der Waals surface area contributed by atoms with Gasteiger partial charge in [-0.3, -0.25) is 4.79 Å². The van der Waals surface area contributed by atoms with Crippen molar-refractivity contribution >= 4 is 17.6 Å². The van der Waals surface area contributed by atoms with Crippen LogP contribution in [-0.4, -0.2) is 19.0 Å². The molecule has 1 fully saturated rings. The zero-order chi connectivity index (χ0) is 13.3. The number of carbonyl (C=O) groups excluding carboxylic acids is 2. The standard InChI is InChI=1S/C13H14FNO3/c1-7-5-9(7)12(16)15-11-6-8(13(17)18-2)3-4-10(11)14/h3-4,6-7,9H,5H2,1-2H3,(H,15,16). The third-order valence-corrected chi connectivity index (χ3v) is 3.09. The van der Waals surface area contributed by atoms with E-state index in [1.54, 1.807) is 0 Å². The van der Waals surface area contributed by atoms with Gasteiger partial charge < -0.3 is 10.1 Å². The first-order chi connectivity index (χ1) is 8.52. The van der Waals surface area contributed by atoms with E-state index < -0.39 is 11.8 Å². The number of ether oxygens (including phenoxy) is 1. The van der Waals surface area contributed by atoms with Crippen LogP contribution in [0, 0.1) is 17.7 Å². The molecule has 96 valence electrons. The molecule has 1 amide bonds. The zero-order valence-corrected chi connectivity index (χ0v) is 10.2. The molecule has 1 N–H and O–H groups in total. The molecule has 2 atom stereocenters. The molecule has 0 radical (unpaired) electrons. The summed E-state index contributed by atoms with van der Waals surface area (Å²) in [5, 5.41) is 2.50. The molecular weight excluding hydrogens is 237 g/mol. The summed E-state index contributed by atoms with van der Waals surface area (Å²) in [5.41, 5.74) is 0.222. The third kappa shape index (κ3) is 2.50. The number of halogens is 1. The van der Waals surface area contributed by atoms with Crippen LogP contribution >= 0.6 is 0 Å². The number of rotatable bonds is 3. The molecule has 1 aliphatic rings. The van der Waals surface area contributed by atoms with Gasteiger partial charge in [-0.2, -0.15) is 0 Å². The van der Waals surface area contributed by atoms with Crippen molar-refractivity contribution in [1.29, 1.82) is 0 Å². The van der Waals surface area contributed by atoms with Gasteiger partial charge in [0.1, 0.15) is 5.82 Å². The van der Waals surface area contributed by atoms with E-state index >= 15 is 0 Å². The highest BCUT2D eigenvalue weighted by Gasteiger charge is 2.39. The monoisotopic (exact) mass is 251 g/mol. The van der Waals surface area contributed by atoms with Crippen LogP contribution in [0.25, 0.3) is 0 Å². The minimum atomic E-state index is -0.565. The van der Waals surface area contributed by atoms with E-state index in [1.807, 2.05) is 6.92 Å². The lowest BCUT2D eigenvalue weighted by atomic mass is 10.2. The predicted octanol–water partition coefficient (Wildman–Crippen LogP) is 2.21. The van der Waals surface area contributed by atoms with Gasteiger partial charge in [-0.1, -0.05) is 6.92 Å². The number of esters is 1. The van der Waals surface area contributed by atoms with Crippen molar-refractivity contribution in [2.45, 2.75) is 13.3 Å². The highest BCUT2D eigenvalue weighted by Crippen LogP contribution is 2.38. The lowest BCUT2D eigenvalue weighted by Gasteiger charge is -2.07. The van der Waals surface area contributed by atoms with Crippen molar-refractivity contribution in [1.82, 2.24) is 0 Å². The Morgan fingerprint density at radius 3 is 2.67 bits per heavy atom. The maximum absolute atomic E-state index is 13.5. The molecule has 5 heteroatoms. The Morgan fingerprint density at radius 1 is 1.44 bits per heavy atom. The van der Waals surface area contributed by atoms with Crippen molar-refractivity contribution < 1.29 is 18.7 Å². The van der Waals surface area contributed by atoms with Gasteiger partial charge in [0.05, 0.1) is 18.4 Å². The second-order valence-electron chi connectivity index (χ2n) is 4.49. The molecule has 0 bridgehead atoms. The smallest absolute Gasteiger partial charge is 0.337 e. The van der Waals surface area contributed by atoms with Crippen LogP contribution in [-0.2, 0) is 9.53 Å². The summed E-state index contributed by atoms with van der Waals surface area (Å²) in [6.45, 7) is 1.96. The van der Waals surface area contributed by atoms with E-state index in [9.17, 15) is 14.0 Å². The van der Waals surface area contributed by atoms with Crippen molar-refractivity contribution in [2.75, 3.05) is 12.4 Å². The van der Waals surface area contributed by atoms with Gasteiger partial charge in [0.15, 0.2) is 0 Å². The first kappa shape index (κ1) is 12.5. The summed E-state index contributed by atoms with van der Waals surface area (Å²) in [5.74, 6) is -1.04. The Labute approximate surface area is 104 Å². The van der Waals surface area contributed by atoms with Crippen molar-refractivity contribution in [2.24, 2.45) is 11.8 Å². The molecule has 0 spiro atoms. The lowest BCUT2D eigenvalue weighted by molar-refractivity contribution is -0.117. The van der Waals surface area contributed by atoms with Crippen LogP contribution < -0.4 is 5.32 Å². The van der Waals surface area contributed by atoms with E-state index in [4.69, 9.17) is 0 Å². The van der Waals surface area contributed by atoms with Crippen LogP contribution in [0.1, 0.15) is 23.7 Å². The van der Waals surface area contributed by atoms with E-state index in [1.165, 1.54) is 19.2 Å². The maximum Gasteiger partial charge on any atom is 0.337 e. The summed E-state index contributed by atoms with van der Waals surface area (Å²) < 4.78 is 18.1. The molecule has 1 saturated carbocycles. The molecule has 2 rings (SSSR count). The van der Waals surface area contributed by atoms with Crippen LogP contribution in [0.4, 0.5) is 10.1 Å². The van der Waals surface area contributed by atoms with Gasteiger partial charge in [0, 0.05) is 5.92 Å². The van der Waals surface area contributed by atoms with Gasteiger partial charge in [0.25, 0.3) is 0 Å². The fourth-order valence-electron chi connectivity index (χ4n) is 1.78. The average Bonchev–Trinajstić information content (AvgIpc) is 3.08. The zero-order valence-electron chi connectivity index (χ0n) is 10.2. The fourth-order valence-corrected chi connectivity index (χ4v) is 1.78. The van der Waals surface area contributed by atoms with Gasteiger partial charge in [-0.05, 0) is 30.5 Å². The number of methoxy groups -OCH3 is 1. The Kier molecular flexibility index (Phi) is 3.32. The maximum atomic E-state index is 13.5. The molecule has 2 unspecified atom stereocenters. The first-order valence-electron chi connectivity index (χ1n) is 5.71. The summed E-state index contributed by atoms with van der Waals surface area (Å²) >= 11 is 0. The van der Waals surface area contributed by atoms with E-state index in [0.717, 1.165) is 12.5 Å². The summed E-state index contributed by atoms with van der Waals surface area (Å²) in [7, 11) is 1.25. The van der Waals surface area contributed by atoms with Crippen molar-refractivity contribution in [3.63, 3.8) is 0 Å². The topological polar surface area (TPSA) is 55.4 Å². The molecule has 0 heterocycles. The third-order valence-electron chi connectivity index (χ3n) is 3.09. The number of anilines is 1. The summed E-state index contributed by atoms with van der Waals surface area (Å²) in [6, 6.07) is 3.74. The quantitative estimate of drug-likeness (QED) is 0.838. The van der Waals surface area contributed by atoms with Gasteiger partial charge in [0.2, 0.25) is 5.91 Å². The second kappa shape index (κ2) is 4.76. The van der Waals surface area contributed by atoms with Gasteiger partial charge in [-0.15, -0.1) is 0 Å². The molecule has 18 heavy (non-hydrogen) atoms. The van der Waals surface area contributed by atoms with Crippen LogP contribution in [0.5, 0.6) is 0 Å². The molecule has 4 nitrogen and oxygen atoms in total. The summed E-state index contributed by atoms with van der Waals surface area (Å²) in [4.78, 5) is 23.0. The number of nitrogens with one attached hydrogen (secondary N) is 1. The largest absolute Gasteiger partial charge is 0.465 e. The van der Waals surface area contributed by atoms with Crippen molar-refractivity contribution in [3.05, 3.63) is 29.6 Å². The number of carbonyl (C=O) groups is 2. The minimum Gasteiger partial charge on any atom is -0.465 e. The minimum absolute atomic E-state index is 0.0157. The molecule has 1 aromatic carbocycles. The number of hydrogen-bond acceptors (Lipinski definition) is 3. The number of hydrogen-bond donors (Lipinski definition) is 1. The van der Waals surface area contributed by atoms with E-state index in [0.29, 0.717) is 5.92 Å². The molecule has 0 aromatic heterocycles. The molecule has 0 aliphatic heterocycles. The molecule has 1 aromatic rings.